The van der Waals surface area contributed by atoms with Gasteiger partial charge in [-0.15, -0.1) is 0 Å². The van der Waals surface area contributed by atoms with Crippen molar-refractivity contribution in [2.75, 3.05) is 26.9 Å². The summed E-state index contributed by atoms with van der Waals surface area (Å²) in [7, 11) is -2.25. The van der Waals surface area contributed by atoms with Gasteiger partial charge in [0.15, 0.2) is 6.61 Å². The van der Waals surface area contributed by atoms with E-state index in [9.17, 15) is 13.2 Å². The van der Waals surface area contributed by atoms with Crippen molar-refractivity contribution in [1.29, 1.82) is 0 Å². The van der Waals surface area contributed by atoms with E-state index in [1.807, 2.05) is 60.7 Å². The van der Waals surface area contributed by atoms with E-state index in [4.69, 9.17) is 21.1 Å². The zero-order chi connectivity index (χ0) is 24.4. The van der Waals surface area contributed by atoms with Crippen molar-refractivity contribution in [3.63, 3.8) is 0 Å². The second kappa shape index (κ2) is 12.5. The van der Waals surface area contributed by atoms with Crippen LogP contribution in [0.4, 0.5) is 0 Å². The normalized spacial score (nSPS) is 11.2. The highest BCUT2D eigenvalue weighted by Crippen LogP contribution is 2.27. The van der Waals surface area contributed by atoms with Gasteiger partial charge in [-0.2, -0.15) is 0 Å². The molecular weight excluding hydrogens is 476 g/mol. The Hall–Kier alpha value is -2.91. The topological polar surface area (TPSA) is 84.9 Å². The van der Waals surface area contributed by atoms with E-state index in [1.165, 1.54) is 25.3 Å². The number of rotatable bonds is 12. The molecule has 180 valence electrons. The number of ether oxygens (including phenoxy) is 2. The van der Waals surface area contributed by atoms with Gasteiger partial charge in [0, 0.05) is 26.7 Å². The van der Waals surface area contributed by atoms with Crippen LogP contribution in [0.15, 0.2) is 83.8 Å². The maximum atomic E-state index is 13.0. The van der Waals surface area contributed by atoms with E-state index in [2.05, 4.69) is 4.72 Å². The lowest BCUT2D eigenvalue weighted by molar-refractivity contribution is -0.134. The smallest absolute Gasteiger partial charge is 0.261 e. The van der Waals surface area contributed by atoms with E-state index in [0.29, 0.717) is 13.1 Å². The molecule has 0 radical (unpaired) electrons. The number of nitrogens with one attached hydrogen (secondary N) is 1. The number of hydrogen-bond donors (Lipinski definition) is 1. The van der Waals surface area contributed by atoms with Gasteiger partial charge in [-0.05, 0) is 29.3 Å². The SMILES string of the molecule is COCCNS(=O)(=O)c1ccc(OCC(=O)N(Cc2ccccc2)Cc2ccccc2)c(Cl)c1. The summed E-state index contributed by atoms with van der Waals surface area (Å²) in [5.74, 6) is 0.00642. The van der Waals surface area contributed by atoms with Gasteiger partial charge < -0.3 is 14.4 Å². The number of methoxy groups -OCH3 is 1. The fraction of sp³-hybridized carbons (Fsp3) is 0.240. The van der Waals surface area contributed by atoms with Crippen molar-refractivity contribution in [1.82, 2.24) is 9.62 Å². The van der Waals surface area contributed by atoms with Crippen molar-refractivity contribution in [2.45, 2.75) is 18.0 Å². The molecule has 3 aromatic rings. The van der Waals surface area contributed by atoms with Gasteiger partial charge in [-0.25, -0.2) is 13.1 Å². The molecule has 7 nitrogen and oxygen atoms in total. The first-order valence-electron chi connectivity index (χ1n) is 10.7. The number of benzene rings is 3. The minimum Gasteiger partial charge on any atom is -0.482 e. The molecule has 0 unspecified atom stereocenters. The Morgan fingerprint density at radius 1 is 0.941 bits per heavy atom. The van der Waals surface area contributed by atoms with Crippen molar-refractivity contribution < 1.29 is 22.7 Å². The van der Waals surface area contributed by atoms with Crippen LogP contribution in [0.1, 0.15) is 11.1 Å². The zero-order valence-corrected chi connectivity index (χ0v) is 20.4. The third-order valence-corrected chi connectivity index (χ3v) is 6.70. The Morgan fingerprint density at radius 2 is 1.53 bits per heavy atom. The summed E-state index contributed by atoms with van der Waals surface area (Å²) in [6, 6.07) is 23.5. The van der Waals surface area contributed by atoms with Crippen LogP contribution in [0.3, 0.4) is 0 Å². The second-order valence-electron chi connectivity index (χ2n) is 7.49. The molecule has 0 aliphatic rings. The number of carbonyl (C=O) groups is 1. The van der Waals surface area contributed by atoms with Crippen molar-refractivity contribution >= 4 is 27.5 Å². The first-order valence-corrected chi connectivity index (χ1v) is 12.5. The summed E-state index contributed by atoms with van der Waals surface area (Å²) >= 11 is 6.25. The molecule has 1 amide bonds. The summed E-state index contributed by atoms with van der Waals surface area (Å²) in [5.41, 5.74) is 2.00. The number of halogens is 1. The molecule has 0 heterocycles. The maximum Gasteiger partial charge on any atom is 0.261 e. The number of carbonyl (C=O) groups excluding carboxylic acids is 1. The molecule has 34 heavy (non-hydrogen) atoms. The lowest BCUT2D eigenvalue weighted by Gasteiger charge is -2.23. The van der Waals surface area contributed by atoms with Gasteiger partial charge >= 0.3 is 0 Å². The Bertz CT molecular complexity index is 1130. The molecule has 1 N–H and O–H groups in total. The molecule has 0 saturated heterocycles. The summed E-state index contributed by atoms with van der Waals surface area (Å²) in [5, 5.41) is 0.0973. The molecule has 0 spiro atoms. The van der Waals surface area contributed by atoms with Crippen molar-refractivity contribution in [3.05, 3.63) is 95.0 Å². The predicted molar refractivity (Wildman–Crippen MR) is 131 cm³/mol. The third kappa shape index (κ3) is 7.56. The minimum absolute atomic E-state index is 0.00191. The molecule has 3 aromatic carbocycles. The van der Waals surface area contributed by atoms with Crippen LogP contribution >= 0.6 is 11.6 Å². The number of sulfonamides is 1. The Morgan fingerprint density at radius 3 is 2.06 bits per heavy atom. The van der Waals surface area contributed by atoms with E-state index in [1.54, 1.807) is 4.90 Å². The molecule has 0 aliphatic heterocycles. The van der Waals surface area contributed by atoms with Gasteiger partial charge in [0.1, 0.15) is 5.75 Å². The molecule has 0 saturated carbocycles. The largest absolute Gasteiger partial charge is 0.482 e. The van der Waals surface area contributed by atoms with Crippen molar-refractivity contribution in [2.24, 2.45) is 0 Å². The standard InChI is InChI=1S/C25H27ClN2O5S/c1-32-15-14-27-34(30,31)22-12-13-24(23(26)16-22)33-19-25(29)28(17-20-8-4-2-5-9-20)18-21-10-6-3-7-11-21/h2-13,16,27H,14-15,17-19H2,1H3. The molecule has 9 heteroatoms. The van der Waals surface area contributed by atoms with E-state index < -0.39 is 10.0 Å². The predicted octanol–water partition coefficient (Wildman–Crippen LogP) is 3.87. The van der Waals surface area contributed by atoms with E-state index >= 15 is 0 Å². The van der Waals surface area contributed by atoms with Crippen molar-refractivity contribution in [3.8, 4) is 5.75 Å². The van der Waals surface area contributed by atoms with Gasteiger partial charge in [-0.3, -0.25) is 4.79 Å². The van der Waals surface area contributed by atoms with E-state index in [-0.39, 0.29) is 41.3 Å². The minimum atomic E-state index is -3.73. The third-order valence-electron chi connectivity index (χ3n) is 4.95. The average Bonchev–Trinajstić information content (AvgIpc) is 2.84. The lowest BCUT2D eigenvalue weighted by atomic mass is 10.1. The van der Waals surface area contributed by atoms with Crippen LogP contribution in [-0.2, 0) is 32.6 Å². The van der Waals surface area contributed by atoms with Crippen LogP contribution < -0.4 is 9.46 Å². The Kier molecular flexibility index (Phi) is 9.47. The van der Waals surface area contributed by atoms with Gasteiger partial charge in [-0.1, -0.05) is 72.3 Å². The zero-order valence-electron chi connectivity index (χ0n) is 18.8. The quantitative estimate of drug-likeness (QED) is 0.380. The Balaban J connectivity index is 1.68. The summed E-state index contributed by atoms with van der Waals surface area (Å²) in [6.07, 6.45) is 0. The van der Waals surface area contributed by atoms with Gasteiger partial charge in [0.05, 0.1) is 16.5 Å². The number of amides is 1. The van der Waals surface area contributed by atoms with Crippen LogP contribution in [0.5, 0.6) is 5.75 Å². The number of nitrogens with zero attached hydrogens (tertiary/aromatic N) is 1. The fourth-order valence-corrected chi connectivity index (χ4v) is 4.54. The number of hydrogen-bond acceptors (Lipinski definition) is 5. The molecule has 3 rings (SSSR count). The van der Waals surface area contributed by atoms with Gasteiger partial charge in [0.2, 0.25) is 10.0 Å². The maximum absolute atomic E-state index is 13.0. The molecular formula is C25H27ClN2O5S. The first kappa shape index (κ1) is 25.7. The Labute approximate surface area is 205 Å². The molecule has 0 atom stereocenters. The van der Waals surface area contributed by atoms with E-state index in [0.717, 1.165) is 11.1 Å². The average molecular weight is 503 g/mol. The highest BCUT2D eigenvalue weighted by Gasteiger charge is 2.18. The summed E-state index contributed by atoms with van der Waals surface area (Å²) in [6.45, 7) is 1.00. The van der Waals surface area contributed by atoms with Crippen LogP contribution in [0, 0.1) is 0 Å². The molecule has 0 bridgehead atoms. The molecule has 0 fully saturated rings. The highest BCUT2D eigenvalue weighted by molar-refractivity contribution is 7.89. The van der Waals surface area contributed by atoms with Crippen LogP contribution in [0.25, 0.3) is 0 Å². The van der Waals surface area contributed by atoms with Crippen LogP contribution in [-0.4, -0.2) is 46.1 Å². The summed E-state index contributed by atoms with van der Waals surface area (Å²) in [4.78, 5) is 14.8. The van der Waals surface area contributed by atoms with Gasteiger partial charge in [0.25, 0.3) is 5.91 Å². The summed E-state index contributed by atoms with van der Waals surface area (Å²) < 4.78 is 37.6. The van der Waals surface area contributed by atoms with Crippen LogP contribution in [0.2, 0.25) is 5.02 Å². The fourth-order valence-electron chi connectivity index (χ4n) is 3.20. The lowest BCUT2D eigenvalue weighted by Crippen LogP contribution is -2.34. The second-order valence-corrected chi connectivity index (χ2v) is 9.67. The highest BCUT2D eigenvalue weighted by atomic mass is 35.5. The molecule has 0 aromatic heterocycles. The first-order chi connectivity index (χ1) is 16.4. The molecule has 0 aliphatic carbocycles. The monoisotopic (exact) mass is 502 g/mol.